The van der Waals surface area contributed by atoms with Gasteiger partial charge in [0.05, 0.1) is 17.5 Å². The van der Waals surface area contributed by atoms with Gasteiger partial charge in [-0.1, -0.05) is 6.07 Å². The highest BCUT2D eigenvalue weighted by Gasteiger charge is 2.13. The summed E-state index contributed by atoms with van der Waals surface area (Å²) in [4.78, 5) is 8.56. The molecule has 2 aromatic heterocycles. The molecule has 4 rings (SSSR count). The third-order valence-electron chi connectivity index (χ3n) is 4.39. The van der Waals surface area contributed by atoms with Crippen molar-refractivity contribution in [3.63, 3.8) is 0 Å². The third-order valence-corrected chi connectivity index (χ3v) is 5.60. The lowest BCUT2D eigenvalue weighted by Gasteiger charge is -2.17. The third kappa shape index (κ3) is 4.15. The molecule has 0 amide bonds. The van der Waals surface area contributed by atoms with Crippen LogP contribution in [-0.2, 0) is 10.0 Å². The van der Waals surface area contributed by atoms with Crippen LogP contribution >= 0.6 is 0 Å². The van der Waals surface area contributed by atoms with Gasteiger partial charge in [-0.05, 0) is 42.5 Å². The van der Waals surface area contributed by atoms with Crippen molar-refractivity contribution >= 4 is 49.9 Å². The van der Waals surface area contributed by atoms with Crippen LogP contribution in [0.3, 0.4) is 0 Å². The highest BCUT2D eigenvalue weighted by Crippen LogP contribution is 2.25. The van der Waals surface area contributed by atoms with Crippen molar-refractivity contribution in [3.8, 4) is 0 Å². The van der Waals surface area contributed by atoms with Crippen LogP contribution < -0.4 is 14.9 Å². The maximum Gasteiger partial charge on any atom is 0.231 e. The predicted octanol–water partition coefficient (Wildman–Crippen LogP) is 3.38. The summed E-state index contributed by atoms with van der Waals surface area (Å²) < 4.78 is 38.2. The normalized spacial score (nSPS) is 11.4. The minimum atomic E-state index is -3.37. The molecule has 154 valence electrons. The van der Waals surface area contributed by atoms with Crippen molar-refractivity contribution in [2.75, 3.05) is 28.2 Å². The van der Waals surface area contributed by atoms with E-state index in [4.69, 9.17) is 0 Å². The molecule has 0 atom stereocenters. The van der Waals surface area contributed by atoms with Crippen molar-refractivity contribution in [2.45, 2.75) is 0 Å². The summed E-state index contributed by atoms with van der Waals surface area (Å²) in [5.74, 6) is 0.821. The zero-order chi connectivity index (χ0) is 21.3. The second-order valence-corrected chi connectivity index (χ2v) is 8.57. The molecule has 0 saturated heterocycles. The summed E-state index contributed by atoms with van der Waals surface area (Å²) in [5, 5.41) is 13.7. The Morgan fingerprint density at radius 1 is 1.10 bits per heavy atom. The van der Waals surface area contributed by atoms with Gasteiger partial charge in [0.25, 0.3) is 0 Å². The molecule has 0 fully saturated rings. The Bertz CT molecular complexity index is 1320. The van der Waals surface area contributed by atoms with Crippen molar-refractivity contribution < 1.29 is 12.8 Å². The summed E-state index contributed by atoms with van der Waals surface area (Å²) in [7, 11) is -1.90. The quantitative estimate of drug-likeness (QED) is 0.432. The number of aromatic nitrogens is 4. The number of nitrogens with zero attached hydrogens (tertiary/aromatic N) is 4. The monoisotopic (exact) mass is 427 g/mol. The second-order valence-electron chi connectivity index (χ2n) is 6.56. The van der Waals surface area contributed by atoms with Crippen LogP contribution in [0.2, 0.25) is 0 Å². The minimum Gasteiger partial charge on any atom is -0.324 e. The van der Waals surface area contributed by atoms with Crippen LogP contribution in [0.15, 0.2) is 54.7 Å². The molecule has 0 spiro atoms. The van der Waals surface area contributed by atoms with Crippen LogP contribution in [0, 0.1) is 5.82 Å². The lowest BCUT2D eigenvalue weighted by atomic mass is 10.2. The van der Waals surface area contributed by atoms with Gasteiger partial charge in [0.1, 0.15) is 11.6 Å². The van der Waals surface area contributed by atoms with Gasteiger partial charge < -0.3 is 10.6 Å². The Labute approximate surface area is 172 Å². The highest BCUT2D eigenvalue weighted by molar-refractivity contribution is 7.92. The SMILES string of the molecule is CN(c1cccc(Nc2nccc(Nc3n[nH]c4ccc(F)cc34)n2)c1)S(C)(=O)=O. The predicted molar refractivity (Wildman–Crippen MR) is 114 cm³/mol. The fourth-order valence-corrected chi connectivity index (χ4v) is 3.29. The molecule has 0 bridgehead atoms. The fourth-order valence-electron chi connectivity index (χ4n) is 2.79. The summed E-state index contributed by atoms with van der Waals surface area (Å²) in [5.41, 5.74) is 1.81. The Morgan fingerprint density at radius 3 is 2.73 bits per heavy atom. The maximum absolute atomic E-state index is 13.6. The first kappa shape index (κ1) is 19.6. The summed E-state index contributed by atoms with van der Waals surface area (Å²) in [6.07, 6.45) is 2.69. The molecule has 0 aliphatic heterocycles. The highest BCUT2D eigenvalue weighted by atomic mass is 32.2. The Kier molecular flexibility index (Phi) is 4.96. The van der Waals surface area contributed by atoms with E-state index in [1.807, 2.05) is 0 Å². The number of H-pyrrole nitrogens is 1. The zero-order valence-electron chi connectivity index (χ0n) is 16.1. The molecule has 30 heavy (non-hydrogen) atoms. The van der Waals surface area contributed by atoms with Gasteiger partial charge in [-0.2, -0.15) is 10.1 Å². The number of nitrogens with one attached hydrogen (secondary N) is 3. The molecular weight excluding hydrogens is 409 g/mol. The van der Waals surface area contributed by atoms with E-state index in [9.17, 15) is 12.8 Å². The van der Waals surface area contributed by atoms with Crippen LogP contribution in [-0.4, -0.2) is 41.9 Å². The standard InChI is InChI=1S/C19H18FN7O2S/c1-27(30(2,28)29)14-5-3-4-13(11-14)22-19-21-9-8-17(24-19)23-18-15-10-12(20)6-7-16(15)25-26-18/h3-11H,1-2H3,(H3,21,22,23,24,25,26). The van der Waals surface area contributed by atoms with Crippen LogP contribution in [0.25, 0.3) is 10.9 Å². The first-order valence-corrected chi connectivity index (χ1v) is 10.7. The second kappa shape index (κ2) is 7.59. The number of sulfonamides is 1. The molecule has 3 N–H and O–H groups in total. The number of hydrogen-bond acceptors (Lipinski definition) is 7. The van der Waals surface area contributed by atoms with E-state index >= 15 is 0 Å². The van der Waals surface area contributed by atoms with Crippen molar-refractivity contribution in [2.24, 2.45) is 0 Å². The van der Waals surface area contributed by atoms with Gasteiger partial charge in [-0.15, -0.1) is 0 Å². The van der Waals surface area contributed by atoms with E-state index in [1.165, 1.54) is 23.5 Å². The molecule has 2 heterocycles. The van der Waals surface area contributed by atoms with Crippen LogP contribution in [0.1, 0.15) is 0 Å². The maximum atomic E-state index is 13.6. The number of benzene rings is 2. The molecule has 0 unspecified atom stereocenters. The van der Waals surface area contributed by atoms with E-state index in [2.05, 4.69) is 30.8 Å². The topological polar surface area (TPSA) is 116 Å². The molecule has 2 aromatic carbocycles. The van der Waals surface area contributed by atoms with Gasteiger partial charge in [0.15, 0.2) is 5.82 Å². The molecular formula is C19H18FN7O2S. The first-order chi connectivity index (χ1) is 14.3. The summed E-state index contributed by atoms with van der Waals surface area (Å²) in [6.45, 7) is 0. The van der Waals surface area contributed by atoms with Crippen molar-refractivity contribution in [1.29, 1.82) is 0 Å². The van der Waals surface area contributed by atoms with Gasteiger partial charge in [-0.25, -0.2) is 17.8 Å². The molecule has 9 nitrogen and oxygen atoms in total. The number of halogens is 1. The molecule has 0 aliphatic carbocycles. The number of anilines is 5. The van der Waals surface area contributed by atoms with Gasteiger partial charge >= 0.3 is 0 Å². The Hall–Kier alpha value is -3.73. The van der Waals surface area contributed by atoms with E-state index in [1.54, 1.807) is 42.6 Å². The lowest BCUT2D eigenvalue weighted by molar-refractivity contribution is 0.600. The molecule has 4 aromatic rings. The van der Waals surface area contributed by atoms with E-state index in [0.717, 1.165) is 6.26 Å². The Morgan fingerprint density at radius 2 is 1.93 bits per heavy atom. The Balaban J connectivity index is 1.56. The summed E-state index contributed by atoms with van der Waals surface area (Å²) in [6, 6.07) is 12.9. The van der Waals surface area contributed by atoms with Crippen LogP contribution in [0.4, 0.5) is 33.3 Å². The fraction of sp³-hybridized carbons (Fsp3) is 0.105. The first-order valence-electron chi connectivity index (χ1n) is 8.84. The van der Waals surface area contributed by atoms with Gasteiger partial charge in [-0.3, -0.25) is 9.40 Å². The lowest BCUT2D eigenvalue weighted by Crippen LogP contribution is -2.24. The minimum absolute atomic E-state index is 0.296. The van der Waals surface area contributed by atoms with E-state index in [-0.39, 0.29) is 5.82 Å². The van der Waals surface area contributed by atoms with E-state index < -0.39 is 10.0 Å². The average Bonchev–Trinajstić information content (AvgIpc) is 3.09. The van der Waals surface area contributed by atoms with E-state index in [0.29, 0.717) is 39.9 Å². The number of fused-ring (bicyclic) bond motifs is 1. The molecule has 11 heteroatoms. The average molecular weight is 427 g/mol. The molecule has 0 saturated carbocycles. The number of rotatable bonds is 6. The smallest absolute Gasteiger partial charge is 0.231 e. The van der Waals surface area contributed by atoms with Crippen LogP contribution in [0.5, 0.6) is 0 Å². The van der Waals surface area contributed by atoms with Crippen molar-refractivity contribution in [1.82, 2.24) is 20.2 Å². The summed E-state index contributed by atoms with van der Waals surface area (Å²) >= 11 is 0. The molecule has 0 radical (unpaired) electrons. The largest absolute Gasteiger partial charge is 0.324 e. The van der Waals surface area contributed by atoms with Gasteiger partial charge in [0.2, 0.25) is 16.0 Å². The van der Waals surface area contributed by atoms with Crippen molar-refractivity contribution in [3.05, 3.63) is 60.5 Å². The van der Waals surface area contributed by atoms with Gasteiger partial charge in [0, 0.05) is 24.3 Å². The number of aromatic amines is 1. The zero-order valence-corrected chi connectivity index (χ0v) is 16.9. The molecule has 0 aliphatic rings. The number of hydrogen-bond donors (Lipinski definition) is 3.